The number of alkyl halides is 3. The molecular weight excluding hydrogens is 471 g/mol. The molecule has 32 heavy (non-hydrogen) atoms. The molecule has 0 atom stereocenters. The summed E-state index contributed by atoms with van der Waals surface area (Å²) >= 11 is 6.01. The maximum absolute atomic E-state index is 12.9. The molecular formula is C20H21ClF3N3O4S. The minimum absolute atomic E-state index is 0.0594. The quantitative estimate of drug-likeness (QED) is 0.587. The second kappa shape index (κ2) is 10.2. The molecule has 0 radical (unpaired) electrons. The number of hydrogen-bond acceptors (Lipinski definition) is 4. The number of carbonyl (C=O) groups is 2. The van der Waals surface area contributed by atoms with Gasteiger partial charge in [-0.3, -0.25) is 14.3 Å². The Balaban J connectivity index is 2.24. The number of sulfonamides is 1. The summed E-state index contributed by atoms with van der Waals surface area (Å²) in [5, 5.41) is 2.33. The maximum Gasteiger partial charge on any atom is 0.416 e. The van der Waals surface area contributed by atoms with Gasteiger partial charge in [0.25, 0.3) is 15.9 Å². The summed E-state index contributed by atoms with van der Waals surface area (Å²) in [5.74, 6) is -1.10. The highest BCUT2D eigenvalue weighted by atomic mass is 35.5. The van der Waals surface area contributed by atoms with Gasteiger partial charge in [-0.15, -0.1) is 0 Å². The van der Waals surface area contributed by atoms with Crippen LogP contribution >= 0.6 is 11.6 Å². The van der Waals surface area contributed by atoms with Crippen LogP contribution in [0.5, 0.6) is 0 Å². The summed E-state index contributed by atoms with van der Waals surface area (Å²) in [6.45, 7) is 4.18. The summed E-state index contributed by atoms with van der Waals surface area (Å²) in [6.07, 6.45) is -4.64. The number of nitrogens with one attached hydrogen (secondary N) is 2. The van der Waals surface area contributed by atoms with Crippen molar-refractivity contribution in [3.8, 4) is 0 Å². The monoisotopic (exact) mass is 491 g/mol. The first-order valence-electron chi connectivity index (χ1n) is 9.44. The normalized spacial score (nSPS) is 11.7. The standard InChI is InChI=1S/C20H21ClF3N3O4S/c1-3-27(4-2)18(28)12-25-19(29)16-11-15(8-9-17(16)21)32(30,31)26-14-7-5-6-13(10-14)20(22,23)24/h5-11,26H,3-4,12H2,1-2H3,(H,25,29). The fourth-order valence-corrected chi connectivity index (χ4v) is 4.04. The molecule has 7 nitrogen and oxygen atoms in total. The molecule has 0 aromatic heterocycles. The minimum atomic E-state index is -4.64. The molecule has 0 saturated carbocycles. The van der Waals surface area contributed by atoms with E-state index >= 15 is 0 Å². The predicted octanol–water partition coefficient (Wildman–Crippen LogP) is 3.76. The Bertz CT molecular complexity index is 1100. The smallest absolute Gasteiger partial charge is 0.343 e. The SMILES string of the molecule is CCN(CC)C(=O)CNC(=O)c1cc(S(=O)(=O)Nc2cccc(C(F)(F)F)c2)ccc1Cl. The van der Waals surface area contributed by atoms with Crippen LogP contribution in [0.3, 0.4) is 0 Å². The first kappa shape index (κ1) is 25.5. The fraction of sp³-hybridized carbons (Fsp3) is 0.300. The molecule has 2 aromatic carbocycles. The number of benzene rings is 2. The topological polar surface area (TPSA) is 95.6 Å². The van der Waals surface area contributed by atoms with Crippen molar-refractivity contribution < 1.29 is 31.2 Å². The van der Waals surface area contributed by atoms with Crippen LogP contribution in [0.4, 0.5) is 18.9 Å². The number of nitrogens with zero attached hydrogens (tertiary/aromatic N) is 1. The van der Waals surface area contributed by atoms with E-state index in [0.29, 0.717) is 19.2 Å². The van der Waals surface area contributed by atoms with E-state index in [1.54, 1.807) is 13.8 Å². The molecule has 12 heteroatoms. The largest absolute Gasteiger partial charge is 0.416 e. The summed E-state index contributed by atoms with van der Waals surface area (Å²) < 4.78 is 66.0. The van der Waals surface area contributed by atoms with Crippen molar-refractivity contribution in [3.05, 3.63) is 58.6 Å². The van der Waals surface area contributed by atoms with Crippen LogP contribution in [-0.4, -0.2) is 44.8 Å². The van der Waals surface area contributed by atoms with Crippen molar-refractivity contribution in [1.82, 2.24) is 10.2 Å². The summed E-state index contributed by atoms with van der Waals surface area (Å²) in [5.41, 5.74) is -1.52. The average Bonchev–Trinajstić information content (AvgIpc) is 2.72. The number of anilines is 1. The molecule has 2 amide bonds. The van der Waals surface area contributed by atoms with E-state index in [1.807, 2.05) is 4.72 Å². The number of carbonyl (C=O) groups excluding carboxylic acids is 2. The van der Waals surface area contributed by atoms with Gasteiger partial charge >= 0.3 is 6.18 Å². The molecule has 2 N–H and O–H groups in total. The van der Waals surface area contributed by atoms with E-state index in [1.165, 1.54) is 11.0 Å². The van der Waals surface area contributed by atoms with E-state index in [4.69, 9.17) is 11.6 Å². The zero-order valence-electron chi connectivity index (χ0n) is 17.2. The van der Waals surface area contributed by atoms with Crippen molar-refractivity contribution in [1.29, 1.82) is 0 Å². The van der Waals surface area contributed by atoms with E-state index < -0.39 is 27.7 Å². The highest BCUT2D eigenvalue weighted by molar-refractivity contribution is 7.92. The number of amides is 2. The van der Waals surface area contributed by atoms with Crippen molar-refractivity contribution in [3.63, 3.8) is 0 Å². The number of halogens is 4. The van der Waals surface area contributed by atoms with Crippen LogP contribution < -0.4 is 10.0 Å². The Morgan fingerprint density at radius 1 is 1.06 bits per heavy atom. The number of rotatable bonds is 8. The van der Waals surface area contributed by atoms with Gasteiger partial charge in [0, 0.05) is 18.8 Å². The Hall–Kier alpha value is -2.79. The van der Waals surface area contributed by atoms with Crippen LogP contribution in [0.15, 0.2) is 47.4 Å². The third kappa shape index (κ3) is 6.36. The van der Waals surface area contributed by atoms with E-state index in [0.717, 1.165) is 30.3 Å². The van der Waals surface area contributed by atoms with Gasteiger partial charge in [-0.1, -0.05) is 17.7 Å². The van der Waals surface area contributed by atoms with Gasteiger partial charge in [0.1, 0.15) is 0 Å². The second-order valence-corrected chi connectivity index (χ2v) is 8.66. The van der Waals surface area contributed by atoms with Crippen LogP contribution in [-0.2, 0) is 21.0 Å². The summed E-state index contributed by atoms with van der Waals surface area (Å²) in [7, 11) is -4.33. The van der Waals surface area contributed by atoms with E-state index in [2.05, 4.69) is 5.32 Å². The second-order valence-electron chi connectivity index (χ2n) is 6.57. The Kier molecular flexibility index (Phi) is 8.13. The van der Waals surface area contributed by atoms with Gasteiger partial charge in [0.05, 0.1) is 27.6 Å². The van der Waals surface area contributed by atoms with E-state index in [-0.39, 0.29) is 33.6 Å². The fourth-order valence-electron chi connectivity index (χ4n) is 2.76. The highest BCUT2D eigenvalue weighted by Crippen LogP contribution is 2.31. The average molecular weight is 492 g/mol. The lowest BCUT2D eigenvalue weighted by molar-refractivity contribution is -0.137. The van der Waals surface area contributed by atoms with Crippen LogP contribution in [0.2, 0.25) is 5.02 Å². The summed E-state index contributed by atoms with van der Waals surface area (Å²) in [4.78, 5) is 25.6. The zero-order chi connectivity index (χ0) is 24.1. The zero-order valence-corrected chi connectivity index (χ0v) is 18.7. The van der Waals surface area contributed by atoms with Crippen molar-refractivity contribution >= 4 is 39.1 Å². The van der Waals surface area contributed by atoms with Gasteiger partial charge in [0.2, 0.25) is 5.91 Å². The molecule has 0 aliphatic heterocycles. The third-order valence-electron chi connectivity index (χ3n) is 4.45. The first-order chi connectivity index (χ1) is 14.9. The maximum atomic E-state index is 12.9. The molecule has 0 unspecified atom stereocenters. The Labute approximate surface area is 188 Å². The molecule has 174 valence electrons. The van der Waals surface area contributed by atoms with Crippen LogP contribution in [0.1, 0.15) is 29.8 Å². The molecule has 0 spiro atoms. The number of hydrogen-bond donors (Lipinski definition) is 2. The molecule has 0 aliphatic rings. The lowest BCUT2D eigenvalue weighted by Crippen LogP contribution is -2.40. The molecule has 2 rings (SSSR count). The lowest BCUT2D eigenvalue weighted by Gasteiger charge is -2.19. The van der Waals surface area contributed by atoms with Gasteiger partial charge in [-0.05, 0) is 50.2 Å². The molecule has 0 saturated heterocycles. The Morgan fingerprint density at radius 2 is 1.72 bits per heavy atom. The summed E-state index contributed by atoms with van der Waals surface area (Å²) in [6, 6.07) is 6.94. The molecule has 0 bridgehead atoms. The molecule has 0 heterocycles. The minimum Gasteiger partial charge on any atom is -0.343 e. The van der Waals surface area contributed by atoms with Crippen molar-refractivity contribution in [2.45, 2.75) is 24.9 Å². The van der Waals surface area contributed by atoms with Gasteiger partial charge in [-0.25, -0.2) is 8.42 Å². The number of likely N-dealkylation sites (N-methyl/N-ethyl adjacent to an activating group) is 1. The van der Waals surface area contributed by atoms with Crippen LogP contribution in [0, 0.1) is 0 Å². The van der Waals surface area contributed by atoms with Gasteiger partial charge < -0.3 is 10.2 Å². The van der Waals surface area contributed by atoms with Crippen molar-refractivity contribution in [2.24, 2.45) is 0 Å². The third-order valence-corrected chi connectivity index (χ3v) is 6.16. The Morgan fingerprint density at radius 3 is 2.31 bits per heavy atom. The van der Waals surface area contributed by atoms with Crippen LogP contribution in [0.25, 0.3) is 0 Å². The van der Waals surface area contributed by atoms with Gasteiger partial charge in [0.15, 0.2) is 0 Å². The van der Waals surface area contributed by atoms with Crippen molar-refractivity contribution in [2.75, 3.05) is 24.4 Å². The lowest BCUT2D eigenvalue weighted by atomic mass is 10.2. The van der Waals surface area contributed by atoms with Gasteiger partial charge in [-0.2, -0.15) is 13.2 Å². The highest BCUT2D eigenvalue weighted by Gasteiger charge is 2.31. The first-order valence-corrected chi connectivity index (χ1v) is 11.3. The molecule has 2 aromatic rings. The molecule has 0 fully saturated rings. The molecule has 0 aliphatic carbocycles. The predicted molar refractivity (Wildman–Crippen MR) is 114 cm³/mol. The van der Waals surface area contributed by atoms with E-state index in [9.17, 15) is 31.2 Å².